The predicted octanol–water partition coefficient (Wildman–Crippen LogP) is 0.235. The second kappa shape index (κ2) is 4.82. The summed E-state index contributed by atoms with van der Waals surface area (Å²) in [5, 5.41) is 5.58. The van der Waals surface area contributed by atoms with Gasteiger partial charge in [-0.3, -0.25) is 0 Å². The maximum atomic E-state index is 11.8. The molecule has 5 heteroatoms. The first-order valence-electron chi connectivity index (χ1n) is 3.03. The highest BCUT2D eigenvalue weighted by Gasteiger charge is 2.20. The molecule has 10 heavy (non-hydrogen) atoms. The molecule has 0 aromatic rings. The van der Waals surface area contributed by atoms with Gasteiger partial charge in [0.25, 0.3) is 6.43 Å². The molecule has 0 bridgehead atoms. The van der Waals surface area contributed by atoms with E-state index < -0.39 is 12.5 Å². The molecule has 0 aromatic heterocycles. The largest absolute Gasteiger partial charge is 0.314 e. The Morgan fingerprint density at radius 1 is 1.30 bits per heavy atom. The fourth-order valence-electron chi connectivity index (χ4n) is 0.854. The van der Waals surface area contributed by atoms with Gasteiger partial charge in [0.05, 0.1) is 6.04 Å². The molecule has 0 aliphatic carbocycles. The Bertz CT molecular complexity index is 85.7. The number of hydrogen-bond acceptors (Lipinski definition) is 2. The van der Waals surface area contributed by atoms with Crippen molar-refractivity contribution in [2.45, 2.75) is 12.5 Å². The highest BCUT2D eigenvalue weighted by molar-refractivity contribution is 5.85. The zero-order valence-corrected chi connectivity index (χ0v) is 6.26. The Morgan fingerprint density at radius 3 is 2.30 bits per heavy atom. The summed E-state index contributed by atoms with van der Waals surface area (Å²) < 4.78 is 23.6. The molecule has 1 rings (SSSR count). The molecular weight excluding hydrogens is 162 g/mol. The summed E-state index contributed by atoms with van der Waals surface area (Å²) in [6.07, 6.45) is -2.24. The first kappa shape index (κ1) is 10.1. The van der Waals surface area contributed by atoms with E-state index in [4.69, 9.17) is 0 Å². The normalized spacial score (nSPS) is 26.1. The number of piperazine rings is 1. The van der Waals surface area contributed by atoms with E-state index in [-0.39, 0.29) is 12.4 Å². The average molecular weight is 173 g/mol. The molecule has 0 spiro atoms. The zero-order valence-electron chi connectivity index (χ0n) is 5.44. The first-order valence-corrected chi connectivity index (χ1v) is 3.03. The highest BCUT2D eigenvalue weighted by atomic mass is 35.5. The van der Waals surface area contributed by atoms with Crippen LogP contribution in [0.5, 0.6) is 0 Å². The third-order valence-corrected chi connectivity index (χ3v) is 1.38. The van der Waals surface area contributed by atoms with E-state index in [0.29, 0.717) is 13.1 Å². The molecule has 0 aromatic carbocycles. The van der Waals surface area contributed by atoms with Crippen LogP contribution in [0, 0.1) is 0 Å². The van der Waals surface area contributed by atoms with Gasteiger partial charge in [0.2, 0.25) is 0 Å². The lowest BCUT2D eigenvalue weighted by Gasteiger charge is -2.23. The van der Waals surface area contributed by atoms with Gasteiger partial charge in [-0.05, 0) is 0 Å². The van der Waals surface area contributed by atoms with Gasteiger partial charge < -0.3 is 10.6 Å². The van der Waals surface area contributed by atoms with Crippen LogP contribution in [-0.4, -0.2) is 32.1 Å². The Balaban J connectivity index is 0.000000810. The van der Waals surface area contributed by atoms with E-state index in [2.05, 4.69) is 10.6 Å². The minimum Gasteiger partial charge on any atom is -0.314 e. The van der Waals surface area contributed by atoms with Crippen LogP contribution < -0.4 is 10.6 Å². The van der Waals surface area contributed by atoms with Crippen molar-refractivity contribution >= 4 is 12.4 Å². The molecule has 62 valence electrons. The van der Waals surface area contributed by atoms with E-state index in [0.717, 1.165) is 6.54 Å². The second-order valence-corrected chi connectivity index (χ2v) is 2.10. The quantitative estimate of drug-likeness (QED) is 0.592. The van der Waals surface area contributed by atoms with Crippen LogP contribution in [0.25, 0.3) is 0 Å². The number of rotatable bonds is 1. The Hall–Kier alpha value is 0.0700. The van der Waals surface area contributed by atoms with Crippen molar-refractivity contribution in [2.24, 2.45) is 0 Å². The molecule has 0 saturated carbocycles. The van der Waals surface area contributed by atoms with Crippen molar-refractivity contribution in [1.82, 2.24) is 10.6 Å². The summed E-state index contributed by atoms with van der Waals surface area (Å²) in [5.74, 6) is 0. The smallest absolute Gasteiger partial charge is 0.254 e. The zero-order chi connectivity index (χ0) is 6.69. The van der Waals surface area contributed by atoms with Crippen LogP contribution in [0.3, 0.4) is 0 Å². The van der Waals surface area contributed by atoms with Crippen LogP contribution in [-0.2, 0) is 0 Å². The number of hydrogen-bond donors (Lipinski definition) is 2. The van der Waals surface area contributed by atoms with E-state index >= 15 is 0 Å². The standard InChI is InChI=1S/C5H10F2N2.ClH/c6-5(7)4-3-8-1-2-9-4;/h4-5,8-9H,1-3H2;1H/t4-;/m0./s1. The number of alkyl halides is 2. The Morgan fingerprint density at radius 2 is 2.00 bits per heavy atom. The third kappa shape index (κ3) is 2.77. The molecule has 1 fully saturated rings. The topological polar surface area (TPSA) is 24.1 Å². The van der Waals surface area contributed by atoms with Crippen LogP contribution in [0.15, 0.2) is 0 Å². The molecule has 2 N–H and O–H groups in total. The summed E-state index contributed by atoms with van der Waals surface area (Å²) in [7, 11) is 0. The lowest BCUT2D eigenvalue weighted by Crippen LogP contribution is -2.51. The van der Waals surface area contributed by atoms with E-state index in [9.17, 15) is 8.78 Å². The molecule has 1 heterocycles. The third-order valence-electron chi connectivity index (χ3n) is 1.38. The minimum absolute atomic E-state index is 0. The average Bonchev–Trinajstić information content (AvgIpc) is 1.90. The summed E-state index contributed by atoms with van der Waals surface area (Å²) in [4.78, 5) is 0. The maximum absolute atomic E-state index is 11.8. The van der Waals surface area contributed by atoms with Gasteiger partial charge in [-0.15, -0.1) is 12.4 Å². The second-order valence-electron chi connectivity index (χ2n) is 2.10. The highest BCUT2D eigenvalue weighted by Crippen LogP contribution is 2.00. The van der Waals surface area contributed by atoms with Crippen molar-refractivity contribution in [2.75, 3.05) is 19.6 Å². The van der Waals surface area contributed by atoms with Crippen LogP contribution in [0.2, 0.25) is 0 Å². The van der Waals surface area contributed by atoms with Crippen molar-refractivity contribution < 1.29 is 8.78 Å². The van der Waals surface area contributed by atoms with Gasteiger partial charge in [-0.25, -0.2) is 8.78 Å². The summed E-state index contributed by atoms with van der Waals surface area (Å²) in [6.45, 7) is 1.83. The summed E-state index contributed by atoms with van der Waals surface area (Å²) in [5.41, 5.74) is 0. The molecule has 1 atom stereocenters. The molecule has 0 radical (unpaired) electrons. The summed E-state index contributed by atoms with van der Waals surface area (Å²) >= 11 is 0. The number of halogens is 3. The van der Waals surface area contributed by atoms with Crippen molar-refractivity contribution in [3.63, 3.8) is 0 Å². The Kier molecular flexibility index (Phi) is 4.85. The van der Waals surface area contributed by atoms with Crippen molar-refractivity contribution in [1.29, 1.82) is 0 Å². The molecule has 2 nitrogen and oxygen atoms in total. The molecule has 1 saturated heterocycles. The fourth-order valence-corrected chi connectivity index (χ4v) is 0.854. The monoisotopic (exact) mass is 172 g/mol. The lowest BCUT2D eigenvalue weighted by atomic mass is 10.2. The van der Waals surface area contributed by atoms with E-state index in [1.807, 2.05) is 0 Å². The molecular formula is C5H11ClF2N2. The van der Waals surface area contributed by atoms with Gasteiger partial charge >= 0.3 is 0 Å². The maximum Gasteiger partial charge on any atom is 0.254 e. The first-order chi connectivity index (χ1) is 4.30. The SMILES string of the molecule is Cl.FC(F)[C@@H]1CNCCN1. The van der Waals surface area contributed by atoms with E-state index in [1.54, 1.807) is 0 Å². The number of nitrogens with one attached hydrogen (secondary N) is 2. The van der Waals surface area contributed by atoms with E-state index in [1.165, 1.54) is 0 Å². The predicted molar refractivity (Wildman–Crippen MR) is 37.9 cm³/mol. The Labute approximate surface area is 64.8 Å². The van der Waals surface area contributed by atoms with Crippen LogP contribution in [0.4, 0.5) is 8.78 Å². The van der Waals surface area contributed by atoms with Gasteiger partial charge in [0.15, 0.2) is 0 Å². The van der Waals surface area contributed by atoms with Crippen LogP contribution >= 0.6 is 12.4 Å². The molecule has 1 aliphatic heterocycles. The van der Waals surface area contributed by atoms with Gasteiger partial charge in [-0.1, -0.05) is 0 Å². The molecule has 1 aliphatic rings. The van der Waals surface area contributed by atoms with Gasteiger partial charge in [0, 0.05) is 19.6 Å². The van der Waals surface area contributed by atoms with Crippen LogP contribution in [0.1, 0.15) is 0 Å². The fraction of sp³-hybridized carbons (Fsp3) is 1.00. The molecule has 0 amide bonds. The van der Waals surface area contributed by atoms with Crippen molar-refractivity contribution in [3.05, 3.63) is 0 Å². The minimum atomic E-state index is -2.24. The van der Waals surface area contributed by atoms with Crippen molar-refractivity contribution in [3.8, 4) is 0 Å². The van der Waals surface area contributed by atoms with Gasteiger partial charge in [-0.2, -0.15) is 0 Å². The lowest BCUT2D eigenvalue weighted by molar-refractivity contribution is 0.0911. The van der Waals surface area contributed by atoms with Gasteiger partial charge in [0.1, 0.15) is 0 Å². The molecule has 0 unspecified atom stereocenters. The summed E-state index contributed by atoms with van der Waals surface area (Å²) in [6, 6.07) is -0.640.